The molecule has 2 N–H and O–H groups in total. The van der Waals surface area contributed by atoms with Crippen LogP contribution in [-0.2, 0) is 13.0 Å². The maximum atomic E-state index is 13.8. The summed E-state index contributed by atoms with van der Waals surface area (Å²) in [6, 6.07) is 12.5. The van der Waals surface area contributed by atoms with E-state index in [0.717, 1.165) is 12.0 Å². The molecule has 0 spiro atoms. The minimum absolute atomic E-state index is 0.0966. The third-order valence-electron chi connectivity index (χ3n) is 3.11. The quantitative estimate of drug-likeness (QED) is 0.887. The van der Waals surface area contributed by atoms with Crippen LogP contribution in [0.25, 0.3) is 0 Å². The van der Waals surface area contributed by atoms with Gasteiger partial charge in [0.2, 0.25) is 0 Å². The molecule has 0 bridgehead atoms. The molecule has 0 saturated heterocycles. The Kier molecular flexibility index (Phi) is 5.17. The van der Waals surface area contributed by atoms with Crippen LogP contribution in [0.1, 0.15) is 18.1 Å². The largest absolute Gasteiger partial charge is 0.497 e. The molecule has 0 aliphatic heterocycles. The number of benzene rings is 2. The van der Waals surface area contributed by atoms with Gasteiger partial charge >= 0.3 is 0 Å². The Bertz CT molecular complexity index is 599. The van der Waals surface area contributed by atoms with Crippen molar-refractivity contribution in [3.05, 3.63) is 59.4 Å². The van der Waals surface area contributed by atoms with Crippen molar-refractivity contribution in [1.82, 2.24) is 0 Å². The van der Waals surface area contributed by atoms with Crippen LogP contribution in [0.5, 0.6) is 11.5 Å². The number of halogens is 1. The highest BCUT2D eigenvalue weighted by Crippen LogP contribution is 2.20. The summed E-state index contributed by atoms with van der Waals surface area (Å²) in [5, 5.41) is 0. The molecular weight excluding hydrogens is 269 g/mol. The zero-order valence-corrected chi connectivity index (χ0v) is 12.3. The van der Waals surface area contributed by atoms with E-state index in [-0.39, 0.29) is 18.5 Å². The van der Waals surface area contributed by atoms with E-state index in [1.165, 1.54) is 13.2 Å². The Morgan fingerprint density at radius 3 is 2.62 bits per heavy atom. The van der Waals surface area contributed by atoms with Gasteiger partial charge in [-0.1, -0.05) is 12.1 Å². The summed E-state index contributed by atoms with van der Waals surface area (Å²) in [5.41, 5.74) is 7.39. The van der Waals surface area contributed by atoms with Crippen molar-refractivity contribution in [3.8, 4) is 11.5 Å². The summed E-state index contributed by atoms with van der Waals surface area (Å²) < 4.78 is 24.4. The fourth-order valence-corrected chi connectivity index (χ4v) is 2.07. The number of hydrogen-bond donors (Lipinski definition) is 1. The number of hydrogen-bond acceptors (Lipinski definition) is 3. The summed E-state index contributed by atoms with van der Waals surface area (Å²) in [6.07, 6.45) is 0.786. The van der Waals surface area contributed by atoms with Crippen LogP contribution in [0, 0.1) is 5.82 Å². The summed E-state index contributed by atoms with van der Waals surface area (Å²) >= 11 is 0. The molecule has 0 aromatic heterocycles. The number of rotatable bonds is 6. The molecule has 0 aliphatic carbocycles. The zero-order chi connectivity index (χ0) is 15.2. The van der Waals surface area contributed by atoms with Gasteiger partial charge < -0.3 is 15.2 Å². The first-order valence-electron chi connectivity index (χ1n) is 6.88. The van der Waals surface area contributed by atoms with Crippen molar-refractivity contribution < 1.29 is 13.9 Å². The van der Waals surface area contributed by atoms with Crippen LogP contribution in [-0.4, -0.2) is 13.2 Å². The fourth-order valence-electron chi connectivity index (χ4n) is 2.07. The molecule has 21 heavy (non-hydrogen) atoms. The molecule has 112 valence electrons. The molecule has 4 heteroatoms. The minimum atomic E-state index is -0.332. The maximum absolute atomic E-state index is 13.8. The molecule has 2 aromatic carbocycles. The summed E-state index contributed by atoms with van der Waals surface area (Å²) in [7, 11) is 1.51. The maximum Gasteiger partial charge on any atom is 0.133 e. The van der Waals surface area contributed by atoms with Crippen LogP contribution in [0.3, 0.4) is 0 Å². The normalized spacial score (nSPS) is 12.0. The molecule has 1 atom stereocenters. The lowest BCUT2D eigenvalue weighted by Gasteiger charge is -2.10. The molecule has 0 amide bonds. The average molecular weight is 289 g/mol. The summed E-state index contributed by atoms with van der Waals surface area (Å²) in [6.45, 7) is 2.14. The second-order valence-electron chi connectivity index (χ2n) is 5.07. The minimum Gasteiger partial charge on any atom is -0.497 e. The predicted molar refractivity (Wildman–Crippen MR) is 81.1 cm³/mol. The molecule has 0 heterocycles. The van der Waals surface area contributed by atoms with E-state index in [2.05, 4.69) is 0 Å². The summed E-state index contributed by atoms with van der Waals surface area (Å²) in [4.78, 5) is 0. The van der Waals surface area contributed by atoms with Crippen molar-refractivity contribution in [1.29, 1.82) is 0 Å². The van der Waals surface area contributed by atoms with Crippen LogP contribution in [0.15, 0.2) is 42.5 Å². The first-order valence-corrected chi connectivity index (χ1v) is 6.88. The van der Waals surface area contributed by atoms with Crippen molar-refractivity contribution in [2.45, 2.75) is 26.0 Å². The van der Waals surface area contributed by atoms with Crippen LogP contribution >= 0.6 is 0 Å². The number of ether oxygens (including phenoxy) is 2. The van der Waals surface area contributed by atoms with Gasteiger partial charge in [0.1, 0.15) is 23.9 Å². The van der Waals surface area contributed by atoms with E-state index in [9.17, 15) is 4.39 Å². The Labute approximate surface area is 124 Å². The van der Waals surface area contributed by atoms with Crippen LogP contribution < -0.4 is 15.2 Å². The van der Waals surface area contributed by atoms with E-state index < -0.39 is 0 Å². The molecule has 2 rings (SSSR count). The zero-order valence-electron chi connectivity index (χ0n) is 12.3. The Morgan fingerprint density at radius 2 is 1.95 bits per heavy atom. The topological polar surface area (TPSA) is 44.5 Å². The Hall–Kier alpha value is -2.07. The van der Waals surface area contributed by atoms with Crippen molar-refractivity contribution in [2.24, 2.45) is 5.73 Å². The van der Waals surface area contributed by atoms with Gasteiger partial charge in [-0.2, -0.15) is 0 Å². The van der Waals surface area contributed by atoms with Crippen LogP contribution in [0.2, 0.25) is 0 Å². The number of methoxy groups -OCH3 is 1. The van der Waals surface area contributed by atoms with Gasteiger partial charge in [0.25, 0.3) is 0 Å². The van der Waals surface area contributed by atoms with Gasteiger partial charge in [-0.3, -0.25) is 0 Å². The van der Waals surface area contributed by atoms with E-state index in [0.29, 0.717) is 17.1 Å². The molecule has 0 saturated carbocycles. The van der Waals surface area contributed by atoms with Gasteiger partial charge in [0.05, 0.1) is 7.11 Å². The highest BCUT2D eigenvalue weighted by Gasteiger charge is 2.06. The van der Waals surface area contributed by atoms with E-state index >= 15 is 0 Å². The van der Waals surface area contributed by atoms with E-state index in [1.54, 1.807) is 12.1 Å². The lowest BCUT2D eigenvalue weighted by atomic mass is 10.1. The molecule has 1 unspecified atom stereocenters. The third-order valence-corrected chi connectivity index (χ3v) is 3.11. The molecular formula is C17H20FNO2. The van der Waals surface area contributed by atoms with Crippen molar-refractivity contribution in [3.63, 3.8) is 0 Å². The SMILES string of the molecule is COc1ccc(COc2cccc(CC(C)N)c2)c(F)c1. The third kappa shape index (κ3) is 4.46. The molecule has 0 fully saturated rings. The van der Waals surface area contributed by atoms with Gasteiger partial charge in [-0.25, -0.2) is 4.39 Å². The second kappa shape index (κ2) is 7.09. The van der Waals surface area contributed by atoms with Gasteiger partial charge in [-0.15, -0.1) is 0 Å². The fraction of sp³-hybridized carbons (Fsp3) is 0.294. The average Bonchev–Trinajstić information content (AvgIpc) is 2.45. The highest BCUT2D eigenvalue weighted by molar-refractivity contribution is 5.31. The van der Waals surface area contributed by atoms with Crippen molar-refractivity contribution in [2.75, 3.05) is 7.11 Å². The Balaban J connectivity index is 2.02. The predicted octanol–water partition coefficient (Wildman–Crippen LogP) is 3.30. The van der Waals surface area contributed by atoms with E-state index in [1.807, 2.05) is 31.2 Å². The van der Waals surface area contributed by atoms with Gasteiger partial charge in [0.15, 0.2) is 0 Å². The molecule has 3 nitrogen and oxygen atoms in total. The second-order valence-corrected chi connectivity index (χ2v) is 5.07. The first-order chi connectivity index (χ1) is 10.1. The monoisotopic (exact) mass is 289 g/mol. The smallest absolute Gasteiger partial charge is 0.133 e. The lowest BCUT2D eigenvalue weighted by Crippen LogP contribution is -2.17. The molecule has 0 aliphatic rings. The molecule has 0 radical (unpaired) electrons. The van der Waals surface area contributed by atoms with Crippen LogP contribution in [0.4, 0.5) is 4.39 Å². The lowest BCUT2D eigenvalue weighted by molar-refractivity contribution is 0.299. The molecule has 2 aromatic rings. The van der Waals surface area contributed by atoms with Gasteiger partial charge in [-0.05, 0) is 43.2 Å². The van der Waals surface area contributed by atoms with Gasteiger partial charge in [0, 0.05) is 17.7 Å². The number of nitrogens with two attached hydrogens (primary N) is 1. The van der Waals surface area contributed by atoms with Crippen molar-refractivity contribution >= 4 is 0 Å². The summed E-state index contributed by atoms with van der Waals surface area (Å²) in [5.74, 6) is 0.875. The van der Waals surface area contributed by atoms with E-state index in [4.69, 9.17) is 15.2 Å². The first kappa shape index (κ1) is 15.3. The Morgan fingerprint density at radius 1 is 1.14 bits per heavy atom. The standard InChI is InChI=1S/C17H20FNO2/c1-12(19)8-13-4-3-5-16(9-13)21-11-14-6-7-15(20-2)10-17(14)18/h3-7,9-10,12H,8,11,19H2,1-2H3. The highest BCUT2D eigenvalue weighted by atomic mass is 19.1.